The van der Waals surface area contributed by atoms with Crippen molar-refractivity contribution in [3.8, 4) is 0 Å². The van der Waals surface area contributed by atoms with Gasteiger partial charge in [0.25, 0.3) is 0 Å². The Morgan fingerprint density at radius 1 is 1.00 bits per heavy atom. The van der Waals surface area contributed by atoms with Crippen LogP contribution in [0.5, 0.6) is 0 Å². The molecule has 1 aliphatic rings. The van der Waals surface area contributed by atoms with Gasteiger partial charge in [0.15, 0.2) is 0 Å². The number of unbranched alkanes of at least 4 members (excludes halogenated alkanes) is 9. The fourth-order valence-electron chi connectivity index (χ4n) is 3.06. The molecule has 1 fully saturated rings. The summed E-state index contributed by atoms with van der Waals surface area (Å²) >= 11 is 0. The van der Waals surface area contributed by atoms with Crippen LogP contribution < -0.4 is 5.32 Å². The van der Waals surface area contributed by atoms with Crippen molar-refractivity contribution >= 4 is 7.85 Å². The van der Waals surface area contributed by atoms with E-state index >= 15 is 0 Å². The molecule has 0 spiro atoms. The van der Waals surface area contributed by atoms with Gasteiger partial charge in [0.05, 0.1) is 12.7 Å². The van der Waals surface area contributed by atoms with Crippen LogP contribution in [0.15, 0.2) is 0 Å². The zero-order valence-electron chi connectivity index (χ0n) is 13.9. The molecule has 1 heterocycles. The zero-order valence-corrected chi connectivity index (χ0v) is 13.9. The van der Waals surface area contributed by atoms with E-state index in [9.17, 15) is 5.11 Å². The second kappa shape index (κ2) is 12.5. The lowest BCUT2D eigenvalue weighted by Crippen LogP contribution is -2.38. The molecular weight excluding hydrogens is 261 g/mol. The number of hydrogen-bond donors (Lipinski definition) is 2. The minimum absolute atomic E-state index is 0.0589. The van der Waals surface area contributed by atoms with Crippen molar-refractivity contribution in [3.63, 3.8) is 0 Å². The summed E-state index contributed by atoms with van der Waals surface area (Å²) in [4.78, 5) is 0. The normalized spacial score (nSPS) is 25.5. The third-order valence-electron chi connectivity index (χ3n) is 4.40. The second-order valence-corrected chi connectivity index (χ2v) is 6.37. The van der Waals surface area contributed by atoms with Crippen LogP contribution in [0.3, 0.4) is 0 Å². The smallest absolute Gasteiger partial charge is 0.109 e. The standard InChI is InChI=1S/C17H34BNO2/c1-2-3-4-5-6-7-8-9-10-11-12-19-15-13-17(18)21-16(15)14-20/h15-17,19-20H,2-14H2,1H3/t15-,16?,17-/m1/s1. The predicted octanol–water partition coefficient (Wildman–Crippen LogP) is 3.14. The SMILES string of the molecule is [B][C@H]1C[C@@H](NCCCCCCCCCCCC)C(CO)O1. The molecule has 1 saturated heterocycles. The number of hydrogen-bond acceptors (Lipinski definition) is 3. The van der Waals surface area contributed by atoms with E-state index in [0.717, 1.165) is 13.0 Å². The van der Waals surface area contributed by atoms with E-state index in [4.69, 9.17) is 12.6 Å². The number of ether oxygens (including phenoxy) is 1. The average molecular weight is 295 g/mol. The van der Waals surface area contributed by atoms with Gasteiger partial charge in [0.2, 0.25) is 0 Å². The maximum absolute atomic E-state index is 9.21. The summed E-state index contributed by atoms with van der Waals surface area (Å²) in [6.07, 6.45) is 14.3. The van der Waals surface area contributed by atoms with Crippen molar-refractivity contribution in [1.82, 2.24) is 5.32 Å². The molecule has 2 N–H and O–H groups in total. The fraction of sp³-hybridized carbons (Fsp3) is 1.00. The highest BCUT2D eigenvalue weighted by Crippen LogP contribution is 2.18. The fourth-order valence-corrected chi connectivity index (χ4v) is 3.06. The molecule has 4 heteroatoms. The summed E-state index contributed by atoms with van der Waals surface area (Å²) in [6.45, 7) is 3.33. The molecule has 122 valence electrons. The van der Waals surface area contributed by atoms with Gasteiger partial charge in [-0.05, 0) is 19.4 Å². The van der Waals surface area contributed by atoms with E-state index in [-0.39, 0.29) is 24.8 Å². The number of nitrogens with one attached hydrogen (secondary N) is 1. The Labute approximate surface area is 132 Å². The Morgan fingerprint density at radius 2 is 1.57 bits per heavy atom. The maximum atomic E-state index is 9.21. The Morgan fingerprint density at radius 3 is 2.14 bits per heavy atom. The zero-order chi connectivity index (χ0) is 15.3. The summed E-state index contributed by atoms with van der Waals surface area (Å²) in [7, 11) is 5.75. The monoisotopic (exact) mass is 295 g/mol. The van der Waals surface area contributed by atoms with Crippen LogP contribution in [0.25, 0.3) is 0 Å². The molecule has 1 unspecified atom stereocenters. The van der Waals surface area contributed by atoms with Gasteiger partial charge in [0.1, 0.15) is 7.85 Å². The lowest BCUT2D eigenvalue weighted by molar-refractivity contribution is 0.0334. The van der Waals surface area contributed by atoms with Gasteiger partial charge in [-0.15, -0.1) is 0 Å². The molecule has 3 nitrogen and oxygen atoms in total. The van der Waals surface area contributed by atoms with Crippen molar-refractivity contribution in [2.75, 3.05) is 13.2 Å². The predicted molar refractivity (Wildman–Crippen MR) is 89.8 cm³/mol. The van der Waals surface area contributed by atoms with Gasteiger partial charge in [-0.25, -0.2) is 0 Å². The van der Waals surface area contributed by atoms with E-state index < -0.39 is 0 Å². The van der Waals surface area contributed by atoms with Gasteiger partial charge < -0.3 is 15.2 Å². The second-order valence-electron chi connectivity index (χ2n) is 6.37. The van der Waals surface area contributed by atoms with E-state index in [0.29, 0.717) is 0 Å². The van der Waals surface area contributed by atoms with Crippen LogP contribution in [0.1, 0.15) is 77.6 Å². The molecule has 1 rings (SSSR count). The first-order valence-electron chi connectivity index (χ1n) is 9.03. The van der Waals surface area contributed by atoms with Gasteiger partial charge in [-0.1, -0.05) is 64.7 Å². The molecule has 0 aliphatic carbocycles. The van der Waals surface area contributed by atoms with Crippen molar-refractivity contribution in [2.24, 2.45) is 0 Å². The molecule has 1 aliphatic heterocycles. The van der Waals surface area contributed by atoms with Gasteiger partial charge in [-0.3, -0.25) is 0 Å². The summed E-state index contributed by atoms with van der Waals surface area (Å²) in [6, 6.07) is 0.0101. The van der Waals surface area contributed by atoms with Crippen molar-refractivity contribution in [1.29, 1.82) is 0 Å². The number of aliphatic hydroxyl groups is 1. The Kier molecular flexibility index (Phi) is 11.3. The van der Waals surface area contributed by atoms with Gasteiger partial charge >= 0.3 is 0 Å². The van der Waals surface area contributed by atoms with E-state index in [1.54, 1.807) is 0 Å². The highest BCUT2D eigenvalue weighted by atomic mass is 16.5. The Hall–Kier alpha value is -0.0551. The molecule has 0 aromatic rings. The number of aliphatic hydroxyl groups excluding tert-OH is 1. The first-order valence-corrected chi connectivity index (χ1v) is 9.03. The molecule has 0 aromatic heterocycles. The molecule has 0 aromatic carbocycles. The van der Waals surface area contributed by atoms with Crippen LogP contribution in [0.4, 0.5) is 0 Å². The largest absolute Gasteiger partial charge is 0.394 e. The average Bonchev–Trinajstić information content (AvgIpc) is 2.85. The van der Waals surface area contributed by atoms with Crippen LogP contribution >= 0.6 is 0 Å². The summed E-state index contributed by atoms with van der Waals surface area (Å²) in [5, 5.41) is 12.7. The highest BCUT2D eigenvalue weighted by Gasteiger charge is 2.31. The molecule has 21 heavy (non-hydrogen) atoms. The molecule has 3 atom stereocenters. The lowest BCUT2D eigenvalue weighted by atomic mass is 9.95. The van der Waals surface area contributed by atoms with Crippen LogP contribution in [-0.4, -0.2) is 44.3 Å². The molecule has 2 radical (unpaired) electrons. The molecule has 0 saturated carbocycles. The minimum atomic E-state index is -0.215. The lowest BCUT2D eigenvalue weighted by Gasteiger charge is -2.17. The summed E-state index contributed by atoms with van der Waals surface area (Å²) in [5.41, 5.74) is 0. The highest BCUT2D eigenvalue weighted by molar-refractivity contribution is 6.11. The summed E-state index contributed by atoms with van der Waals surface area (Å²) < 4.78 is 5.44. The topological polar surface area (TPSA) is 41.5 Å². The van der Waals surface area contributed by atoms with Crippen molar-refractivity contribution in [2.45, 2.75) is 95.7 Å². The molecule has 0 amide bonds. The Balaban J connectivity index is 1.84. The maximum Gasteiger partial charge on any atom is 0.109 e. The third-order valence-corrected chi connectivity index (χ3v) is 4.40. The third kappa shape index (κ3) is 8.85. The van der Waals surface area contributed by atoms with Crippen molar-refractivity contribution < 1.29 is 9.84 Å². The first kappa shape index (κ1) is 19.0. The first-order chi connectivity index (χ1) is 10.3. The van der Waals surface area contributed by atoms with E-state index in [1.165, 1.54) is 64.2 Å². The summed E-state index contributed by atoms with van der Waals surface area (Å²) in [5.74, 6) is 0. The van der Waals surface area contributed by atoms with Crippen LogP contribution in [-0.2, 0) is 4.74 Å². The van der Waals surface area contributed by atoms with Crippen LogP contribution in [0, 0.1) is 0 Å². The van der Waals surface area contributed by atoms with E-state index in [2.05, 4.69) is 12.2 Å². The van der Waals surface area contributed by atoms with E-state index in [1.807, 2.05) is 0 Å². The molecular formula is C17H34BNO2. The van der Waals surface area contributed by atoms with Crippen LogP contribution in [0.2, 0.25) is 0 Å². The number of rotatable bonds is 13. The quantitative estimate of drug-likeness (QED) is 0.405. The molecule has 0 bridgehead atoms. The van der Waals surface area contributed by atoms with Crippen molar-refractivity contribution in [3.05, 3.63) is 0 Å². The minimum Gasteiger partial charge on any atom is -0.394 e. The Bertz CT molecular complexity index is 241. The van der Waals surface area contributed by atoms with Gasteiger partial charge in [-0.2, -0.15) is 0 Å². The van der Waals surface area contributed by atoms with Gasteiger partial charge in [0, 0.05) is 12.0 Å².